The number of nitrogens with zero attached hydrogens (tertiary/aromatic N) is 1. The van der Waals surface area contributed by atoms with Gasteiger partial charge in [-0.2, -0.15) is 0 Å². The van der Waals surface area contributed by atoms with E-state index in [4.69, 9.17) is 0 Å². The normalized spacial score (nSPS) is 33.8. The van der Waals surface area contributed by atoms with Gasteiger partial charge >= 0.3 is 0 Å². The Morgan fingerprint density at radius 2 is 2.62 bits per heavy atom. The Bertz CT molecular complexity index is 272. The molecule has 0 saturated heterocycles. The summed E-state index contributed by atoms with van der Waals surface area (Å²) in [6, 6.07) is 0. The first-order valence-electron chi connectivity index (χ1n) is 4.79. The Balaban J connectivity index is 2.01. The molecule has 72 valence electrons. The van der Waals surface area contributed by atoms with Gasteiger partial charge in [-0.3, -0.25) is 0 Å². The van der Waals surface area contributed by atoms with E-state index < -0.39 is 5.60 Å². The highest BCUT2D eigenvalue weighted by Crippen LogP contribution is 2.36. The molecule has 0 radical (unpaired) electrons. The molecule has 0 aliphatic heterocycles. The molecule has 2 atom stereocenters. The molecule has 0 amide bonds. The molecule has 1 aromatic rings. The maximum Gasteiger partial charge on any atom is 0.0953 e. The largest absolute Gasteiger partial charge is 0.389 e. The fraction of sp³-hybridized carbons (Fsp3) is 0.700. The molecule has 1 heterocycles. The van der Waals surface area contributed by atoms with Crippen molar-refractivity contribution in [2.75, 3.05) is 0 Å². The topological polar surface area (TPSA) is 33.1 Å². The van der Waals surface area contributed by atoms with Crippen molar-refractivity contribution in [2.45, 2.75) is 38.2 Å². The van der Waals surface area contributed by atoms with Crippen LogP contribution in [-0.4, -0.2) is 15.7 Å². The average Bonchev–Trinajstić information content (AvgIpc) is 2.62. The molecule has 2 rings (SSSR count). The van der Waals surface area contributed by atoms with Gasteiger partial charge in [-0.25, -0.2) is 4.98 Å². The molecule has 1 aromatic heterocycles. The van der Waals surface area contributed by atoms with Crippen LogP contribution in [-0.2, 0) is 6.42 Å². The van der Waals surface area contributed by atoms with Crippen molar-refractivity contribution in [1.29, 1.82) is 0 Å². The van der Waals surface area contributed by atoms with Crippen molar-refractivity contribution in [3.05, 3.63) is 16.6 Å². The number of aromatic nitrogens is 1. The first-order valence-corrected chi connectivity index (χ1v) is 5.67. The van der Waals surface area contributed by atoms with Crippen LogP contribution in [0.4, 0.5) is 0 Å². The highest BCUT2D eigenvalue weighted by molar-refractivity contribution is 7.09. The molecule has 1 aliphatic carbocycles. The summed E-state index contributed by atoms with van der Waals surface area (Å²) < 4.78 is 0. The first-order chi connectivity index (χ1) is 6.18. The van der Waals surface area contributed by atoms with Gasteiger partial charge in [-0.05, 0) is 25.2 Å². The standard InChI is InChI=1S/C10H15NOS/c1-8-2-3-10(12,6-8)7-9-11-4-5-13-9/h4-5,8,12H,2-3,6-7H2,1H3. The van der Waals surface area contributed by atoms with Gasteiger partial charge in [-0.1, -0.05) is 6.92 Å². The van der Waals surface area contributed by atoms with Crippen molar-refractivity contribution in [2.24, 2.45) is 5.92 Å². The lowest BCUT2D eigenvalue weighted by Gasteiger charge is -2.20. The Labute approximate surface area is 82.6 Å². The summed E-state index contributed by atoms with van der Waals surface area (Å²) in [4.78, 5) is 4.21. The molecule has 2 nitrogen and oxygen atoms in total. The van der Waals surface area contributed by atoms with Crippen LogP contribution in [0.1, 0.15) is 31.2 Å². The van der Waals surface area contributed by atoms with Crippen LogP contribution in [0.2, 0.25) is 0 Å². The van der Waals surface area contributed by atoms with Gasteiger partial charge in [0.1, 0.15) is 0 Å². The lowest BCUT2D eigenvalue weighted by atomic mass is 9.97. The zero-order valence-corrected chi connectivity index (χ0v) is 8.68. The van der Waals surface area contributed by atoms with Gasteiger partial charge in [0.25, 0.3) is 0 Å². The smallest absolute Gasteiger partial charge is 0.0953 e. The van der Waals surface area contributed by atoms with E-state index in [1.807, 2.05) is 11.6 Å². The molecular weight excluding hydrogens is 182 g/mol. The summed E-state index contributed by atoms with van der Waals surface area (Å²) in [5.41, 5.74) is -0.461. The molecule has 13 heavy (non-hydrogen) atoms. The third kappa shape index (κ3) is 2.09. The van der Waals surface area contributed by atoms with Gasteiger partial charge in [0.2, 0.25) is 0 Å². The Morgan fingerprint density at radius 3 is 3.15 bits per heavy atom. The molecule has 0 bridgehead atoms. The van der Waals surface area contributed by atoms with Crippen LogP contribution in [0.3, 0.4) is 0 Å². The van der Waals surface area contributed by atoms with Crippen molar-refractivity contribution in [3.63, 3.8) is 0 Å². The van der Waals surface area contributed by atoms with Gasteiger partial charge in [0.15, 0.2) is 0 Å². The zero-order valence-electron chi connectivity index (χ0n) is 7.86. The SMILES string of the molecule is CC1CCC(O)(Cc2nccs2)C1. The second kappa shape index (κ2) is 3.39. The second-order valence-corrected chi connectivity index (χ2v) is 5.15. The fourth-order valence-electron chi connectivity index (χ4n) is 2.15. The molecule has 0 aromatic carbocycles. The first kappa shape index (κ1) is 9.16. The van der Waals surface area contributed by atoms with E-state index in [-0.39, 0.29) is 0 Å². The molecule has 2 unspecified atom stereocenters. The quantitative estimate of drug-likeness (QED) is 0.788. The van der Waals surface area contributed by atoms with Crippen LogP contribution in [0.25, 0.3) is 0 Å². The lowest BCUT2D eigenvalue weighted by molar-refractivity contribution is 0.0446. The maximum atomic E-state index is 10.2. The van der Waals surface area contributed by atoms with E-state index in [1.165, 1.54) is 0 Å². The van der Waals surface area contributed by atoms with E-state index in [2.05, 4.69) is 11.9 Å². The summed E-state index contributed by atoms with van der Waals surface area (Å²) in [6.07, 6.45) is 5.58. The highest BCUT2D eigenvalue weighted by atomic mass is 32.1. The number of hydrogen-bond acceptors (Lipinski definition) is 3. The van der Waals surface area contributed by atoms with E-state index in [9.17, 15) is 5.11 Å². The Kier molecular flexibility index (Phi) is 2.39. The summed E-state index contributed by atoms with van der Waals surface area (Å²) in [6.45, 7) is 2.21. The van der Waals surface area contributed by atoms with E-state index in [0.717, 1.165) is 30.7 Å². The number of thiazole rings is 1. The number of hydrogen-bond donors (Lipinski definition) is 1. The molecule has 3 heteroatoms. The summed E-state index contributed by atoms with van der Waals surface area (Å²) in [5, 5.41) is 13.2. The molecule has 1 aliphatic rings. The molecule has 1 fully saturated rings. The predicted octanol–water partition coefficient (Wildman–Crippen LogP) is 2.24. The van der Waals surface area contributed by atoms with Crippen molar-refractivity contribution in [1.82, 2.24) is 4.98 Å². The van der Waals surface area contributed by atoms with Crippen LogP contribution in [0, 0.1) is 5.92 Å². The summed E-state index contributed by atoms with van der Waals surface area (Å²) in [7, 11) is 0. The molecule has 1 saturated carbocycles. The summed E-state index contributed by atoms with van der Waals surface area (Å²) >= 11 is 1.64. The fourth-order valence-corrected chi connectivity index (χ4v) is 2.90. The van der Waals surface area contributed by atoms with Crippen LogP contribution in [0.15, 0.2) is 11.6 Å². The summed E-state index contributed by atoms with van der Waals surface area (Å²) in [5.74, 6) is 0.671. The van der Waals surface area contributed by atoms with Crippen molar-refractivity contribution < 1.29 is 5.11 Å². The minimum Gasteiger partial charge on any atom is -0.389 e. The molecule has 1 N–H and O–H groups in total. The zero-order chi connectivity index (χ0) is 9.31. The van der Waals surface area contributed by atoms with Crippen LogP contribution in [0.5, 0.6) is 0 Å². The highest BCUT2D eigenvalue weighted by Gasteiger charge is 2.35. The van der Waals surface area contributed by atoms with E-state index in [0.29, 0.717) is 5.92 Å². The molecular formula is C10H15NOS. The Hall–Kier alpha value is -0.410. The monoisotopic (exact) mass is 197 g/mol. The predicted molar refractivity (Wildman–Crippen MR) is 53.8 cm³/mol. The minimum absolute atomic E-state index is 0.461. The van der Waals surface area contributed by atoms with Crippen LogP contribution >= 0.6 is 11.3 Å². The van der Waals surface area contributed by atoms with E-state index >= 15 is 0 Å². The third-order valence-electron chi connectivity index (χ3n) is 2.79. The van der Waals surface area contributed by atoms with Gasteiger partial charge in [-0.15, -0.1) is 11.3 Å². The third-order valence-corrected chi connectivity index (χ3v) is 3.57. The second-order valence-electron chi connectivity index (χ2n) is 4.17. The van der Waals surface area contributed by atoms with Crippen molar-refractivity contribution >= 4 is 11.3 Å². The van der Waals surface area contributed by atoms with Gasteiger partial charge in [0.05, 0.1) is 10.6 Å². The van der Waals surface area contributed by atoms with Gasteiger partial charge < -0.3 is 5.11 Å². The minimum atomic E-state index is -0.461. The van der Waals surface area contributed by atoms with Crippen molar-refractivity contribution in [3.8, 4) is 0 Å². The molecule has 0 spiro atoms. The maximum absolute atomic E-state index is 10.2. The number of rotatable bonds is 2. The van der Waals surface area contributed by atoms with E-state index in [1.54, 1.807) is 11.3 Å². The lowest BCUT2D eigenvalue weighted by Crippen LogP contribution is -2.27. The Morgan fingerprint density at radius 1 is 1.77 bits per heavy atom. The van der Waals surface area contributed by atoms with Crippen LogP contribution < -0.4 is 0 Å². The average molecular weight is 197 g/mol. The van der Waals surface area contributed by atoms with Gasteiger partial charge in [0, 0.05) is 18.0 Å². The number of aliphatic hydroxyl groups is 1.